The number of hydrogen-bond donors (Lipinski definition) is 0. The minimum Gasteiger partial charge on any atom is -0.325 e. The number of nitrogens with zero attached hydrogens (tertiary/aromatic N) is 1. The van der Waals surface area contributed by atoms with Gasteiger partial charge < -0.3 is 4.90 Å². The summed E-state index contributed by atoms with van der Waals surface area (Å²) in [6.45, 7) is 6.00. The lowest BCUT2D eigenvalue weighted by Gasteiger charge is -2.27. The summed E-state index contributed by atoms with van der Waals surface area (Å²) in [5, 5.41) is 0.0302. The molecule has 1 amide bonds. The van der Waals surface area contributed by atoms with Crippen LogP contribution in [0.25, 0.3) is 0 Å². The lowest BCUT2D eigenvalue weighted by molar-refractivity contribution is -0.150. The Morgan fingerprint density at radius 3 is 2.52 bits per heavy atom. The summed E-state index contributed by atoms with van der Waals surface area (Å²) in [7, 11) is 0. The second kappa shape index (κ2) is 10.1. The van der Waals surface area contributed by atoms with Crippen molar-refractivity contribution in [3.8, 4) is 0 Å². The number of hydrogen-bond acceptors (Lipinski definition) is 4. The molecule has 1 saturated heterocycles. The van der Waals surface area contributed by atoms with E-state index in [9.17, 15) is 14.4 Å². The number of carbonyl (C=O) groups excluding carboxylic acids is 3. The second-order valence-electron chi connectivity index (χ2n) is 7.83. The highest BCUT2D eigenvalue weighted by atomic mass is 32.2. The molecule has 0 bridgehead atoms. The number of aryl methyl sites for hydroxylation is 1. The van der Waals surface area contributed by atoms with Crippen molar-refractivity contribution in [1.29, 1.82) is 0 Å². The van der Waals surface area contributed by atoms with Crippen molar-refractivity contribution in [2.24, 2.45) is 5.41 Å². The van der Waals surface area contributed by atoms with E-state index in [1.807, 2.05) is 25.1 Å². The third-order valence-corrected chi connectivity index (χ3v) is 6.47. The first-order valence-electron chi connectivity index (χ1n) is 9.93. The fourth-order valence-corrected chi connectivity index (χ4v) is 4.17. The van der Waals surface area contributed by atoms with Gasteiger partial charge in [0.25, 0.3) is 5.91 Å². The van der Waals surface area contributed by atoms with Crippen molar-refractivity contribution in [2.45, 2.75) is 65.3 Å². The second-order valence-corrected chi connectivity index (χ2v) is 8.93. The van der Waals surface area contributed by atoms with E-state index in [1.54, 1.807) is 13.8 Å². The number of rotatable bonds is 9. The van der Waals surface area contributed by atoms with Gasteiger partial charge in [-0.05, 0) is 44.1 Å². The molecule has 1 heterocycles. The third-order valence-electron chi connectivity index (χ3n) is 5.43. The average molecular weight is 390 g/mol. The SMILES string of the molecule is CCC(C)(C)C(=O)C(=O)N1CCC[C@H]1C(=O)SCCCCc1ccccc1. The lowest BCUT2D eigenvalue weighted by atomic mass is 9.84. The molecule has 0 spiro atoms. The highest BCUT2D eigenvalue weighted by Gasteiger charge is 2.40. The van der Waals surface area contributed by atoms with Crippen molar-refractivity contribution >= 4 is 28.6 Å². The van der Waals surface area contributed by atoms with Crippen LogP contribution in [0.15, 0.2) is 30.3 Å². The van der Waals surface area contributed by atoms with Gasteiger partial charge in [-0.15, -0.1) is 0 Å². The van der Waals surface area contributed by atoms with Gasteiger partial charge in [-0.2, -0.15) is 0 Å². The maximum absolute atomic E-state index is 12.6. The number of Topliss-reactive ketones (excluding diaryl/α,β-unsaturated/α-hetero) is 1. The van der Waals surface area contributed by atoms with Gasteiger partial charge in [0.15, 0.2) is 0 Å². The standard InChI is InChI=1S/C22H31NO3S/c1-4-22(2,3)19(24)20(25)23-15-10-14-18(23)21(26)27-16-9-8-13-17-11-6-5-7-12-17/h5-7,11-12,18H,4,8-10,13-16H2,1-3H3/t18-/m0/s1. The van der Waals surface area contributed by atoms with Crippen LogP contribution >= 0.6 is 11.8 Å². The molecule has 0 radical (unpaired) electrons. The molecule has 1 atom stereocenters. The summed E-state index contributed by atoms with van der Waals surface area (Å²) in [6.07, 6.45) is 5.09. The van der Waals surface area contributed by atoms with Gasteiger partial charge in [-0.25, -0.2) is 0 Å². The van der Waals surface area contributed by atoms with E-state index in [2.05, 4.69) is 12.1 Å². The van der Waals surface area contributed by atoms with E-state index in [-0.39, 0.29) is 10.9 Å². The maximum atomic E-state index is 12.6. The molecule has 1 aliphatic heterocycles. The molecule has 1 aromatic rings. The minimum absolute atomic E-state index is 0.0302. The van der Waals surface area contributed by atoms with E-state index in [1.165, 1.54) is 22.2 Å². The molecule has 2 rings (SSSR count). The summed E-state index contributed by atoms with van der Waals surface area (Å²) in [6, 6.07) is 9.90. The van der Waals surface area contributed by atoms with Crippen LogP contribution in [-0.4, -0.2) is 40.0 Å². The maximum Gasteiger partial charge on any atom is 0.291 e. The molecule has 4 nitrogen and oxygen atoms in total. The van der Waals surface area contributed by atoms with Crippen LogP contribution in [0.5, 0.6) is 0 Å². The first-order chi connectivity index (χ1) is 12.9. The quantitative estimate of drug-likeness (QED) is 0.468. The summed E-state index contributed by atoms with van der Waals surface area (Å²) in [5.74, 6) is -0.0987. The van der Waals surface area contributed by atoms with Crippen LogP contribution in [0.1, 0.15) is 58.4 Å². The summed E-state index contributed by atoms with van der Waals surface area (Å²) >= 11 is 1.31. The Hall–Kier alpha value is -1.62. The fourth-order valence-electron chi connectivity index (χ4n) is 3.18. The molecule has 0 aromatic heterocycles. The third kappa shape index (κ3) is 5.93. The van der Waals surface area contributed by atoms with Crippen molar-refractivity contribution < 1.29 is 14.4 Å². The normalized spacial score (nSPS) is 17.1. The zero-order valence-electron chi connectivity index (χ0n) is 16.7. The van der Waals surface area contributed by atoms with Crippen LogP contribution in [0.4, 0.5) is 0 Å². The number of ketones is 1. The lowest BCUT2D eigenvalue weighted by Crippen LogP contribution is -2.47. The summed E-state index contributed by atoms with van der Waals surface area (Å²) in [4.78, 5) is 39.2. The van der Waals surface area contributed by atoms with Crippen molar-refractivity contribution in [1.82, 2.24) is 4.90 Å². The summed E-state index contributed by atoms with van der Waals surface area (Å²) in [5.41, 5.74) is 0.649. The van der Waals surface area contributed by atoms with Gasteiger partial charge in [0.1, 0.15) is 6.04 Å². The van der Waals surface area contributed by atoms with Gasteiger partial charge in [0.05, 0.1) is 0 Å². The van der Waals surface area contributed by atoms with Gasteiger partial charge in [0.2, 0.25) is 10.9 Å². The zero-order chi connectivity index (χ0) is 19.9. The van der Waals surface area contributed by atoms with Crippen molar-refractivity contribution in [2.75, 3.05) is 12.3 Å². The van der Waals surface area contributed by atoms with E-state index < -0.39 is 17.4 Å². The molecule has 27 heavy (non-hydrogen) atoms. The summed E-state index contributed by atoms with van der Waals surface area (Å²) < 4.78 is 0. The molecule has 0 saturated carbocycles. The minimum atomic E-state index is -0.669. The van der Waals surface area contributed by atoms with Crippen LogP contribution in [0.3, 0.4) is 0 Å². The number of unbranched alkanes of at least 4 members (excludes halogenated alkanes) is 1. The van der Waals surface area contributed by atoms with E-state index >= 15 is 0 Å². The molecule has 0 unspecified atom stereocenters. The van der Waals surface area contributed by atoms with Crippen molar-refractivity contribution in [3.05, 3.63) is 35.9 Å². The van der Waals surface area contributed by atoms with Crippen LogP contribution in [-0.2, 0) is 20.8 Å². The number of amides is 1. The molecule has 1 fully saturated rings. The largest absolute Gasteiger partial charge is 0.325 e. The molecular formula is C22H31NO3S. The van der Waals surface area contributed by atoms with Crippen LogP contribution < -0.4 is 0 Å². The first kappa shape index (κ1) is 21.7. The molecule has 1 aliphatic rings. The molecule has 148 valence electrons. The van der Waals surface area contributed by atoms with Crippen LogP contribution in [0, 0.1) is 5.41 Å². The van der Waals surface area contributed by atoms with E-state index in [0.29, 0.717) is 19.4 Å². The Morgan fingerprint density at radius 2 is 1.85 bits per heavy atom. The first-order valence-corrected chi connectivity index (χ1v) is 10.9. The number of thioether (sulfide) groups is 1. The van der Waals surface area contributed by atoms with Gasteiger partial charge in [0, 0.05) is 17.7 Å². The highest BCUT2D eigenvalue weighted by molar-refractivity contribution is 8.13. The predicted octanol–water partition coefficient (Wildman–Crippen LogP) is 4.27. The van der Waals surface area contributed by atoms with Gasteiger partial charge in [-0.3, -0.25) is 14.4 Å². The highest BCUT2D eigenvalue weighted by Crippen LogP contribution is 2.27. The van der Waals surface area contributed by atoms with Crippen LogP contribution in [0.2, 0.25) is 0 Å². The van der Waals surface area contributed by atoms with Gasteiger partial charge >= 0.3 is 0 Å². The number of likely N-dealkylation sites (tertiary alicyclic amines) is 1. The van der Waals surface area contributed by atoms with Crippen molar-refractivity contribution in [3.63, 3.8) is 0 Å². The zero-order valence-corrected chi connectivity index (χ0v) is 17.5. The Kier molecular flexibility index (Phi) is 8.08. The predicted molar refractivity (Wildman–Crippen MR) is 111 cm³/mol. The molecule has 5 heteroatoms. The molecule has 1 aromatic carbocycles. The number of carbonyl (C=O) groups is 3. The van der Waals surface area contributed by atoms with Gasteiger partial charge in [-0.1, -0.05) is 62.9 Å². The van der Waals surface area contributed by atoms with E-state index in [4.69, 9.17) is 0 Å². The number of benzene rings is 1. The monoisotopic (exact) mass is 389 g/mol. The Bertz CT molecular complexity index is 657. The van der Waals surface area contributed by atoms with E-state index in [0.717, 1.165) is 31.4 Å². The Morgan fingerprint density at radius 1 is 1.15 bits per heavy atom. The average Bonchev–Trinajstić information content (AvgIpc) is 3.17. The molecule has 0 N–H and O–H groups in total. The Balaban J connectivity index is 1.79. The molecule has 0 aliphatic carbocycles. The Labute approximate surface area is 167 Å². The topological polar surface area (TPSA) is 54.5 Å². The molecular weight excluding hydrogens is 358 g/mol. The smallest absolute Gasteiger partial charge is 0.291 e. The fraction of sp³-hybridized carbons (Fsp3) is 0.591.